The molecule has 0 unspecified atom stereocenters. The maximum atomic E-state index is 12.1. The van der Waals surface area contributed by atoms with Gasteiger partial charge in [0.1, 0.15) is 10.9 Å². The molecule has 2 aromatic heterocycles. The van der Waals surface area contributed by atoms with Crippen molar-refractivity contribution in [2.75, 3.05) is 0 Å². The minimum Gasteiger partial charge on any atom is -0.458 e. The van der Waals surface area contributed by atoms with E-state index in [4.69, 9.17) is 27.6 Å². The number of allylic oxidation sites excluding steroid dienone is 1. The van der Waals surface area contributed by atoms with Gasteiger partial charge in [0.15, 0.2) is 5.76 Å². The lowest BCUT2D eigenvalue weighted by Gasteiger charge is -2.03. The highest BCUT2D eigenvalue weighted by molar-refractivity contribution is 6.31. The highest BCUT2D eigenvalue weighted by Crippen LogP contribution is 2.23. The number of benzene rings is 1. The zero-order valence-corrected chi connectivity index (χ0v) is 15.3. The van der Waals surface area contributed by atoms with Gasteiger partial charge in [-0.25, -0.2) is 4.68 Å². The zero-order chi connectivity index (χ0) is 18.0. The van der Waals surface area contributed by atoms with Crippen molar-refractivity contribution in [1.82, 2.24) is 9.78 Å². The summed E-state index contributed by atoms with van der Waals surface area (Å²) in [4.78, 5) is 12.1. The molecule has 0 saturated heterocycles. The standard InChI is InChI=1S/C19H16Cl2N2O2/c1-12-3-10-18(25-12)17(24)9-8-16-13(2)22-23(19(16)21)11-14-4-6-15(20)7-5-14/h3-10H,11H2,1-2H3/b9-8+. The van der Waals surface area contributed by atoms with Crippen LogP contribution in [0.15, 0.2) is 46.9 Å². The number of carbonyl (C=O) groups excluding carboxylic acids is 1. The fourth-order valence-electron chi connectivity index (χ4n) is 2.43. The molecule has 3 rings (SSSR count). The maximum absolute atomic E-state index is 12.1. The number of halogens is 2. The summed E-state index contributed by atoms with van der Waals surface area (Å²) in [5, 5.41) is 5.61. The molecule has 0 aliphatic carbocycles. The first kappa shape index (κ1) is 17.5. The Labute approximate surface area is 155 Å². The number of aromatic nitrogens is 2. The van der Waals surface area contributed by atoms with E-state index in [1.54, 1.807) is 29.8 Å². The molecule has 0 aliphatic rings. The Hall–Kier alpha value is -2.30. The summed E-state index contributed by atoms with van der Waals surface area (Å²) < 4.78 is 7.02. The van der Waals surface area contributed by atoms with Gasteiger partial charge in [0.25, 0.3) is 0 Å². The fraction of sp³-hybridized carbons (Fsp3) is 0.158. The van der Waals surface area contributed by atoms with E-state index in [0.717, 1.165) is 11.3 Å². The van der Waals surface area contributed by atoms with Crippen LogP contribution in [0.5, 0.6) is 0 Å². The first-order chi connectivity index (χ1) is 11.9. The lowest BCUT2D eigenvalue weighted by atomic mass is 10.2. The summed E-state index contributed by atoms with van der Waals surface area (Å²) in [5.74, 6) is 0.784. The van der Waals surface area contributed by atoms with Gasteiger partial charge in [0.05, 0.1) is 12.2 Å². The summed E-state index contributed by atoms with van der Waals surface area (Å²) in [6, 6.07) is 10.9. The number of rotatable bonds is 5. The molecule has 0 N–H and O–H groups in total. The van der Waals surface area contributed by atoms with Crippen molar-refractivity contribution in [2.24, 2.45) is 0 Å². The van der Waals surface area contributed by atoms with Gasteiger partial charge in [0, 0.05) is 10.6 Å². The van der Waals surface area contributed by atoms with Crippen LogP contribution in [0, 0.1) is 13.8 Å². The zero-order valence-electron chi connectivity index (χ0n) is 13.8. The topological polar surface area (TPSA) is 48.0 Å². The number of hydrogen-bond acceptors (Lipinski definition) is 3. The Balaban J connectivity index is 1.80. The van der Waals surface area contributed by atoms with Crippen molar-refractivity contribution in [3.8, 4) is 0 Å². The smallest absolute Gasteiger partial charge is 0.221 e. The van der Waals surface area contributed by atoms with E-state index in [1.807, 2.05) is 31.2 Å². The van der Waals surface area contributed by atoms with Gasteiger partial charge in [-0.05, 0) is 55.8 Å². The molecule has 0 atom stereocenters. The number of carbonyl (C=O) groups is 1. The van der Waals surface area contributed by atoms with Gasteiger partial charge in [-0.15, -0.1) is 0 Å². The second-order valence-corrected chi connectivity index (χ2v) is 6.48. The van der Waals surface area contributed by atoms with E-state index < -0.39 is 0 Å². The number of nitrogens with zero attached hydrogens (tertiary/aromatic N) is 2. The molecular weight excluding hydrogens is 359 g/mol. The minimum atomic E-state index is -0.214. The Morgan fingerprint density at radius 1 is 1.16 bits per heavy atom. The monoisotopic (exact) mass is 374 g/mol. The molecule has 0 amide bonds. The highest BCUT2D eigenvalue weighted by Gasteiger charge is 2.13. The van der Waals surface area contributed by atoms with E-state index in [1.165, 1.54) is 6.08 Å². The molecule has 0 saturated carbocycles. The van der Waals surface area contributed by atoms with Crippen molar-refractivity contribution < 1.29 is 9.21 Å². The second kappa shape index (κ2) is 7.30. The first-order valence-electron chi connectivity index (χ1n) is 7.70. The summed E-state index contributed by atoms with van der Waals surface area (Å²) in [6.45, 7) is 4.17. The Morgan fingerprint density at radius 2 is 1.88 bits per heavy atom. The molecule has 0 fully saturated rings. The van der Waals surface area contributed by atoms with Crippen molar-refractivity contribution in [1.29, 1.82) is 0 Å². The van der Waals surface area contributed by atoms with E-state index in [-0.39, 0.29) is 5.78 Å². The van der Waals surface area contributed by atoms with Gasteiger partial charge in [0.2, 0.25) is 5.78 Å². The van der Waals surface area contributed by atoms with Gasteiger partial charge >= 0.3 is 0 Å². The van der Waals surface area contributed by atoms with Crippen LogP contribution in [-0.4, -0.2) is 15.6 Å². The third-order valence-corrected chi connectivity index (χ3v) is 4.39. The Morgan fingerprint density at radius 3 is 2.52 bits per heavy atom. The summed E-state index contributed by atoms with van der Waals surface area (Å²) >= 11 is 12.3. The van der Waals surface area contributed by atoms with Crippen LogP contribution in [0.3, 0.4) is 0 Å². The molecule has 1 aromatic carbocycles. The van der Waals surface area contributed by atoms with Gasteiger partial charge in [-0.2, -0.15) is 5.10 Å². The third-order valence-electron chi connectivity index (χ3n) is 3.74. The molecule has 25 heavy (non-hydrogen) atoms. The number of hydrogen-bond donors (Lipinski definition) is 0. The van der Waals surface area contributed by atoms with Crippen LogP contribution in [0.2, 0.25) is 10.2 Å². The van der Waals surface area contributed by atoms with Gasteiger partial charge in [-0.1, -0.05) is 35.3 Å². The molecule has 0 aliphatic heterocycles. The summed E-state index contributed by atoms with van der Waals surface area (Å²) in [5.41, 5.74) is 2.50. The van der Waals surface area contributed by atoms with Crippen LogP contribution in [0.4, 0.5) is 0 Å². The minimum absolute atomic E-state index is 0.214. The SMILES string of the molecule is Cc1ccc(C(=O)/C=C/c2c(C)nn(Cc3ccc(Cl)cc3)c2Cl)o1. The summed E-state index contributed by atoms with van der Waals surface area (Å²) in [6.07, 6.45) is 3.12. The molecule has 0 bridgehead atoms. The lowest BCUT2D eigenvalue weighted by Crippen LogP contribution is -2.01. The summed E-state index contributed by atoms with van der Waals surface area (Å²) in [7, 11) is 0. The molecule has 128 valence electrons. The Bertz CT molecular complexity index is 937. The molecular formula is C19H16Cl2N2O2. The predicted octanol–water partition coefficient (Wildman–Crippen LogP) is 5.34. The fourth-order valence-corrected chi connectivity index (χ4v) is 2.86. The third kappa shape index (κ3) is 4.03. The van der Waals surface area contributed by atoms with Crippen LogP contribution >= 0.6 is 23.2 Å². The van der Waals surface area contributed by atoms with E-state index in [2.05, 4.69) is 5.10 Å². The second-order valence-electron chi connectivity index (χ2n) is 5.68. The number of aryl methyl sites for hydroxylation is 2. The molecule has 0 spiro atoms. The maximum Gasteiger partial charge on any atom is 0.221 e. The number of ketones is 1. The van der Waals surface area contributed by atoms with E-state index >= 15 is 0 Å². The lowest BCUT2D eigenvalue weighted by molar-refractivity contribution is 0.102. The average Bonchev–Trinajstić information content (AvgIpc) is 3.12. The molecule has 4 nitrogen and oxygen atoms in total. The highest BCUT2D eigenvalue weighted by atomic mass is 35.5. The van der Waals surface area contributed by atoms with Crippen LogP contribution < -0.4 is 0 Å². The average molecular weight is 375 g/mol. The normalized spacial score (nSPS) is 11.4. The van der Waals surface area contributed by atoms with Gasteiger partial charge in [-0.3, -0.25) is 4.79 Å². The Kier molecular flexibility index (Phi) is 5.11. The van der Waals surface area contributed by atoms with Crippen molar-refractivity contribution in [3.63, 3.8) is 0 Å². The molecule has 6 heteroatoms. The van der Waals surface area contributed by atoms with Gasteiger partial charge < -0.3 is 4.42 Å². The van der Waals surface area contributed by atoms with E-state index in [9.17, 15) is 4.79 Å². The quantitative estimate of drug-likeness (QED) is 0.447. The largest absolute Gasteiger partial charge is 0.458 e. The number of furan rings is 1. The molecule has 3 aromatic rings. The van der Waals surface area contributed by atoms with Crippen LogP contribution in [0.25, 0.3) is 6.08 Å². The first-order valence-corrected chi connectivity index (χ1v) is 8.46. The van der Waals surface area contributed by atoms with E-state index in [0.29, 0.717) is 33.8 Å². The van der Waals surface area contributed by atoms with Crippen molar-refractivity contribution in [2.45, 2.75) is 20.4 Å². The molecule has 2 heterocycles. The van der Waals surface area contributed by atoms with Crippen molar-refractivity contribution >= 4 is 35.1 Å². The van der Waals surface area contributed by atoms with Crippen molar-refractivity contribution in [3.05, 3.63) is 81.0 Å². The van der Waals surface area contributed by atoms with Crippen LogP contribution in [-0.2, 0) is 6.54 Å². The van der Waals surface area contributed by atoms with Crippen LogP contribution in [0.1, 0.15) is 33.1 Å². The predicted molar refractivity (Wildman–Crippen MR) is 99.3 cm³/mol. The molecule has 0 radical (unpaired) electrons.